The van der Waals surface area contributed by atoms with Crippen LogP contribution in [-0.4, -0.2) is 83.2 Å². The first-order valence-corrected chi connectivity index (χ1v) is 27.5. The monoisotopic (exact) mass is 929 g/mol. The fourth-order valence-electron chi connectivity index (χ4n) is 16.2. The van der Waals surface area contributed by atoms with Gasteiger partial charge in [-0.05, 0) is 162 Å². The zero-order valence-corrected chi connectivity index (χ0v) is 41.4. The zero-order valence-electron chi connectivity index (χ0n) is 41.4. The minimum Gasteiger partial charge on any atom is -0.494 e. The molecule has 1 aromatic carbocycles. The van der Waals surface area contributed by atoms with Crippen molar-refractivity contribution in [3.63, 3.8) is 0 Å². The fraction of sp³-hybridized carbons (Fsp3) is 0.732. The molecule has 10 aliphatic rings. The normalized spacial score (nSPS) is 31.2. The molecule has 4 unspecified atom stereocenters. The Kier molecular flexibility index (Phi) is 13.0. The molecule has 0 spiro atoms. The van der Waals surface area contributed by atoms with Crippen LogP contribution >= 0.6 is 0 Å². The van der Waals surface area contributed by atoms with Crippen molar-refractivity contribution in [1.82, 2.24) is 30.1 Å². The number of methoxy groups -OCH3 is 1. The molecular formula is C56H80N8O4. The van der Waals surface area contributed by atoms with Gasteiger partial charge in [0.05, 0.1) is 18.3 Å². The smallest absolute Gasteiger partial charge is 0.252 e. The molecular weight excluding hydrogens is 849 g/mol. The van der Waals surface area contributed by atoms with Crippen molar-refractivity contribution < 1.29 is 14.3 Å². The third kappa shape index (κ3) is 9.54. The fourth-order valence-corrected chi connectivity index (χ4v) is 16.2. The van der Waals surface area contributed by atoms with Crippen molar-refractivity contribution in [2.75, 3.05) is 56.6 Å². The number of piperazine rings is 1. The molecule has 3 heterocycles. The molecule has 3 aromatic rings. The molecule has 3 N–H and O–H groups in total. The first kappa shape index (κ1) is 46.2. The molecule has 1 saturated heterocycles. The molecule has 13 rings (SSSR count). The van der Waals surface area contributed by atoms with Gasteiger partial charge < -0.3 is 25.6 Å². The van der Waals surface area contributed by atoms with Crippen LogP contribution in [0.2, 0.25) is 0 Å². The van der Waals surface area contributed by atoms with Gasteiger partial charge in [-0.2, -0.15) is 4.98 Å². The summed E-state index contributed by atoms with van der Waals surface area (Å²) in [5.41, 5.74) is 3.24. The summed E-state index contributed by atoms with van der Waals surface area (Å²) in [6.07, 6.45) is 30.4. The highest BCUT2D eigenvalue weighted by Crippen LogP contribution is 2.67. The summed E-state index contributed by atoms with van der Waals surface area (Å²) in [5.74, 6) is 5.58. The summed E-state index contributed by atoms with van der Waals surface area (Å²) in [6, 6.07) is 8.10. The lowest BCUT2D eigenvalue weighted by molar-refractivity contribution is -0.131. The number of nitrogens with zero attached hydrogens (tertiary/aromatic N) is 5. The zero-order chi connectivity index (χ0) is 46.5. The lowest BCUT2D eigenvalue weighted by atomic mass is 9.49. The maximum Gasteiger partial charge on any atom is 0.252 e. The number of anilines is 3. The summed E-state index contributed by atoms with van der Waals surface area (Å²) in [7, 11) is 1.71. The summed E-state index contributed by atoms with van der Waals surface area (Å²) in [4.78, 5) is 55.1. The Hall–Kier alpha value is -4.19. The first-order chi connectivity index (χ1) is 33.1. The number of carbonyl (C=O) groups is 2. The number of benzene rings is 1. The number of ether oxygens (including phenoxy) is 1. The van der Waals surface area contributed by atoms with Crippen LogP contribution in [0.1, 0.15) is 160 Å². The molecule has 10 fully saturated rings. The second-order valence-corrected chi connectivity index (χ2v) is 24.0. The van der Waals surface area contributed by atoms with E-state index in [2.05, 4.69) is 43.9 Å². The van der Waals surface area contributed by atoms with Gasteiger partial charge in [0.1, 0.15) is 11.4 Å². The Balaban J connectivity index is 0.604. The molecule has 12 nitrogen and oxygen atoms in total. The number of unbranched alkanes of at least 4 members (excludes halogenated alkanes) is 9. The minimum atomic E-state index is -0.379. The van der Waals surface area contributed by atoms with E-state index in [0.717, 1.165) is 136 Å². The van der Waals surface area contributed by atoms with Crippen molar-refractivity contribution in [2.45, 2.75) is 172 Å². The number of rotatable bonds is 22. The van der Waals surface area contributed by atoms with Gasteiger partial charge in [-0.15, -0.1) is 0 Å². The lowest BCUT2D eigenvalue weighted by Gasteiger charge is -2.62. The highest BCUT2D eigenvalue weighted by molar-refractivity contribution is 5.82. The van der Waals surface area contributed by atoms with Crippen molar-refractivity contribution in [2.24, 2.45) is 40.9 Å². The Morgan fingerprint density at radius 3 is 2.16 bits per heavy atom. The molecule has 2 aromatic heterocycles. The van der Waals surface area contributed by atoms with Gasteiger partial charge in [-0.3, -0.25) is 23.9 Å². The quantitative estimate of drug-likeness (QED) is 0.0843. The average molecular weight is 929 g/mol. The molecule has 1 aliphatic heterocycles. The largest absolute Gasteiger partial charge is 0.494 e. The van der Waals surface area contributed by atoms with Crippen LogP contribution in [0.4, 0.5) is 17.3 Å². The number of pyridine rings is 1. The van der Waals surface area contributed by atoms with Gasteiger partial charge in [0, 0.05) is 80.0 Å². The summed E-state index contributed by atoms with van der Waals surface area (Å²) < 4.78 is 7.96. The Morgan fingerprint density at radius 2 is 1.47 bits per heavy atom. The van der Waals surface area contributed by atoms with Gasteiger partial charge in [0.25, 0.3) is 5.56 Å². The molecule has 9 aliphatic carbocycles. The Morgan fingerprint density at radius 1 is 0.794 bits per heavy atom. The number of aryl methyl sites for hydroxylation is 1. The summed E-state index contributed by atoms with van der Waals surface area (Å²) >= 11 is 0. The highest BCUT2D eigenvalue weighted by atomic mass is 16.5. The van der Waals surface area contributed by atoms with Crippen molar-refractivity contribution >= 4 is 40.2 Å². The van der Waals surface area contributed by atoms with E-state index in [1.54, 1.807) is 13.2 Å². The molecule has 12 heteroatoms. The van der Waals surface area contributed by atoms with Crippen molar-refractivity contribution in [3.05, 3.63) is 46.4 Å². The third-order valence-corrected chi connectivity index (χ3v) is 18.9. The van der Waals surface area contributed by atoms with Gasteiger partial charge in [-0.1, -0.05) is 51.4 Å². The molecule has 0 radical (unpaired) electrons. The van der Waals surface area contributed by atoms with E-state index >= 15 is 0 Å². The number of fused-ring (bicyclic) bond motifs is 1. The second-order valence-electron chi connectivity index (χ2n) is 24.0. The maximum absolute atomic E-state index is 14.2. The van der Waals surface area contributed by atoms with E-state index in [1.807, 2.05) is 17.7 Å². The van der Waals surface area contributed by atoms with Gasteiger partial charge in [-0.25, -0.2) is 4.98 Å². The second kappa shape index (κ2) is 19.2. The van der Waals surface area contributed by atoms with Gasteiger partial charge in [0.2, 0.25) is 17.8 Å². The molecule has 4 atom stereocenters. The van der Waals surface area contributed by atoms with Crippen molar-refractivity contribution in [1.29, 1.82) is 0 Å². The summed E-state index contributed by atoms with van der Waals surface area (Å²) in [6.45, 7) is 8.13. The van der Waals surface area contributed by atoms with Crippen LogP contribution in [-0.2, 0) is 15.1 Å². The van der Waals surface area contributed by atoms with Gasteiger partial charge >= 0.3 is 0 Å². The topological polar surface area (TPSA) is 134 Å². The molecule has 368 valence electrons. The predicted molar refractivity (Wildman–Crippen MR) is 270 cm³/mol. The summed E-state index contributed by atoms with van der Waals surface area (Å²) in [5, 5.41) is 11.2. The SMILES string of the molecule is COc1cc(N2CCN(CCCCCCCCCCCCNC(=O)CC34CC5CC(CC3C5)C4)CC2)ccc1Nc1ncc2c(C)cc(=O)n(C34CC5CC(CC(NC(=O)C6CC6)(C5)C3)C4)c2n1. The number of amides is 2. The van der Waals surface area contributed by atoms with E-state index in [9.17, 15) is 14.4 Å². The molecule has 2 amide bonds. The van der Waals surface area contributed by atoms with E-state index in [1.165, 1.54) is 103 Å². The standard InChI is InChI=1S/C56H80N8O4/c1-38-23-50(66)64(56-33-41-25-42(34-56)32-55(31-41,37-56)61-52(67)43-13-14-43)51-46(38)36-58-53(60-51)59-47-16-15-45(28-48(47)68-2)63-21-19-62(20-22-63)18-12-10-8-6-4-3-5-7-9-11-17-57-49(65)35-54-29-39-24-40(30-54)27-44(54)26-39/h15-16,23,28,36,39-44H,3-14,17-22,24-27,29-35,37H2,1-2H3,(H,57,65)(H,61,67)(H,58,59,60). The molecule has 68 heavy (non-hydrogen) atoms. The Bertz CT molecular complexity index is 2360. The van der Waals surface area contributed by atoms with E-state index < -0.39 is 0 Å². The molecule has 8 bridgehead atoms. The maximum atomic E-state index is 14.2. The van der Waals surface area contributed by atoms with E-state index in [4.69, 9.17) is 14.7 Å². The number of carbonyl (C=O) groups excluding carboxylic acids is 2. The van der Waals surface area contributed by atoms with Crippen LogP contribution in [0.15, 0.2) is 35.3 Å². The number of nitrogens with one attached hydrogen (secondary N) is 3. The van der Waals surface area contributed by atoms with Crippen LogP contribution in [0.25, 0.3) is 11.0 Å². The van der Waals surface area contributed by atoms with E-state index in [0.29, 0.717) is 34.8 Å². The Labute approximate surface area is 404 Å². The lowest BCUT2D eigenvalue weighted by Crippen LogP contribution is -2.67. The van der Waals surface area contributed by atoms with Gasteiger partial charge in [0.15, 0.2) is 0 Å². The minimum absolute atomic E-state index is 0.0128. The average Bonchev–Trinajstić information content (AvgIpc) is 4.10. The molecule has 9 saturated carbocycles. The highest BCUT2D eigenvalue weighted by Gasteiger charge is 2.60. The predicted octanol–water partition coefficient (Wildman–Crippen LogP) is 9.78. The number of aromatic nitrogens is 3. The third-order valence-electron chi connectivity index (χ3n) is 18.9. The van der Waals surface area contributed by atoms with Crippen LogP contribution in [0.5, 0.6) is 5.75 Å². The van der Waals surface area contributed by atoms with Crippen molar-refractivity contribution in [3.8, 4) is 5.75 Å². The van der Waals surface area contributed by atoms with Crippen LogP contribution in [0.3, 0.4) is 0 Å². The number of hydrogen-bond donors (Lipinski definition) is 3. The van der Waals surface area contributed by atoms with Crippen LogP contribution in [0, 0.1) is 47.8 Å². The first-order valence-electron chi connectivity index (χ1n) is 27.5. The van der Waals surface area contributed by atoms with Crippen LogP contribution < -0.4 is 31.1 Å². The van der Waals surface area contributed by atoms with E-state index in [-0.39, 0.29) is 28.5 Å². The number of hydrogen-bond acceptors (Lipinski definition) is 9.